The summed E-state index contributed by atoms with van der Waals surface area (Å²) < 4.78 is 7.32. The molecule has 0 saturated carbocycles. The minimum absolute atomic E-state index is 0.112. The number of imide groups is 2. The van der Waals surface area contributed by atoms with Crippen molar-refractivity contribution < 1.29 is 19.1 Å². The second-order valence-corrected chi connectivity index (χ2v) is 8.48. The standard InChI is InChI=1S/C21H16I2N2O4/c1-3-8-29-18-15(22)10-13(11-16(18)23)9-14-19(26)24-21(28)25(20(14)27)17-7-5-4-6-12(17)2/h3-7,9-11H,1,8H2,2H3,(H,24,26,28)/b14-9+. The van der Waals surface area contributed by atoms with E-state index in [4.69, 9.17) is 4.74 Å². The number of rotatable bonds is 5. The van der Waals surface area contributed by atoms with Gasteiger partial charge in [-0.3, -0.25) is 14.9 Å². The van der Waals surface area contributed by atoms with Crippen molar-refractivity contribution in [3.8, 4) is 5.75 Å². The normalized spacial score (nSPS) is 15.5. The van der Waals surface area contributed by atoms with Crippen molar-refractivity contribution in [2.45, 2.75) is 6.92 Å². The van der Waals surface area contributed by atoms with Gasteiger partial charge in [-0.05, 0) is 87.5 Å². The zero-order valence-corrected chi connectivity index (χ0v) is 19.7. The highest BCUT2D eigenvalue weighted by atomic mass is 127. The lowest BCUT2D eigenvalue weighted by atomic mass is 10.1. The number of ether oxygens (including phenoxy) is 1. The summed E-state index contributed by atoms with van der Waals surface area (Å²) in [4.78, 5) is 38.7. The van der Waals surface area contributed by atoms with Gasteiger partial charge >= 0.3 is 6.03 Å². The summed E-state index contributed by atoms with van der Waals surface area (Å²) in [5.74, 6) is -0.670. The van der Waals surface area contributed by atoms with E-state index in [0.717, 1.165) is 17.6 Å². The Hall–Kier alpha value is -2.21. The topological polar surface area (TPSA) is 75.7 Å². The molecular formula is C21H16I2N2O4. The number of benzene rings is 2. The molecule has 0 unspecified atom stereocenters. The molecule has 29 heavy (non-hydrogen) atoms. The van der Waals surface area contributed by atoms with Gasteiger partial charge in [0.25, 0.3) is 11.8 Å². The Kier molecular flexibility index (Phi) is 6.73. The Balaban J connectivity index is 2.01. The lowest BCUT2D eigenvalue weighted by Gasteiger charge is -2.27. The van der Waals surface area contributed by atoms with Crippen LogP contribution in [0.2, 0.25) is 0 Å². The number of hydrogen-bond donors (Lipinski definition) is 1. The van der Waals surface area contributed by atoms with Crippen LogP contribution in [0.5, 0.6) is 5.75 Å². The summed E-state index contributed by atoms with van der Waals surface area (Å²) in [5, 5.41) is 2.24. The van der Waals surface area contributed by atoms with Crippen LogP contribution in [-0.4, -0.2) is 24.5 Å². The molecule has 1 heterocycles. The van der Waals surface area contributed by atoms with Crippen LogP contribution in [0.1, 0.15) is 11.1 Å². The molecule has 0 atom stereocenters. The molecule has 2 aromatic carbocycles. The van der Waals surface area contributed by atoms with Gasteiger partial charge in [-0.25, -0.2) is 9.69 Å². The maximum atomic E-state index is 13.0. The van der Waals surface area contributed by atoms with E-state index in [0.29, 0.717) is 23.6 Å². The zero-order valence-electron chi connectivity index (χ0n) is 15.4. The molecule has 1 fully saturated rings. The van der Waals surface area contributed by atoms with Crippen LogP contribution in [0.15, 0.2) is 54.6 Å². The van der Waals surface area contributed by atoms with E-state index in [9.17, 15) is 14.4 Å². The second kappa shape index (κ2) is 9.08. The van der Waals surface area contributed by atoms with Crippen LogP contribution < -0.4 is 15.0 Å². The predicted octanol–water partition coefficient (Wildman–Crippen LogP) is 4.44. The number of carbonyl (C=O) groups excluding carboxylic acids is 3. The molecule has 0 aromatic heterocycles. The number of amides is 4. The van der Waals surface area contributed by atoms with Crippen LogP contribution in [0.3, 0.4) is 0 Å². The highest BCUT2D eigenvalue weighted by Crippen LogP contribution is 2.31. The first kappa shape index (κ1) is 21.5. The van der Waals surface area contributed by atoms with Gasteiger partial charge in [-0.15, -0.1) is 0 Å². The van der Waals surface area contributed by atoms with Gasteiger partial charge in [0.15, 0.2) is 0 Å². The highest BCUT2D eigenvalue weighted by molar-refractivity contribution is 14.1. The Morgan fingerprint density at radius 3 is 2.41 bits per heavy atom. The third-order valence-corrected chi connectivity index (χ3v) is 5.74. The van der Waals surface area contributed by atoms with Crippen molar-refractivity contribution in [2.24, 2.45) is 0 Å². The van der Waals surface area contributed by atoms with E-state index in [-0.39, 0.29) is 5.57 Å². The van der Waals surface area contributed by atoms with E-state index in [1.165, 1.54) is 6.08 Å². The molecule has 1 N–H and O–H groups in total. The Labute approximate surface area is 195 Å². The van der Waals surface area contributed by atoms with Crippen LogP contribution in [-0.2, 0) is 9.59 Å². The van der Waals surface area contributed by atoms with Crippen LogP contribution >= 0.6 is 45.2 Å². The minimum Gasteiger partial charge on any atom is -0.487 e. The van der Waals surface area contributed by atoms with Gasteiger partial charge in [-0.2, -0.15) is 0 Å². The first-order chi connectivity index (χ1) is 13.8. The van der Waals surface area contributed by atoms with Crippen LogP contribution in [0.4, 0.5) is 10.5 Å². The van der Waals surface area contributed by atoms with Crippen molar-refractivity contribution in [1.82, 2.24) is 5.32 Å². The van der Waals surface area contributed by atoms with Gasteiger partial charge in [0.1, 0.15) is 17.9 Å². The summed E-state index contributed by atoms with van der Waals surface area (Å²) in [6.07, 6.45) is 3.14. The first-order valence-electron chi connectivity index (χ1n) is 8.53. The quantitative estimate of drug-likeness (QED) is 0.234. The van der Waals surface area contributed by atoms with E-state index >= 15 is 0 Å². The van der Waals surface area contributed by atoms with Gasteiger partial charge < -0.3 is 4.74 Å². The highest BCUT2D eigenvalue weighted by Gasteiger charge is 2.37. The molecule has 0 radical (unpaired) electrons. The number of para-hydroxylation sites is 1. The van der Waals surface area contributed by atoms with Gasteiger partial charge in [0.2, 0.25) is 0 Å². The first-order valence-corrected chi connectivity index (χ1v) is 10.7. The summed E-state index contributed by atoms with van der Waals surface area (Å²) in [6, 6.07) is 9.86. The maximum Gasteiger partial charge on any atom is 0.335 e. The minimum atomic E-state index is -0.760. The lowest BCUT2D eigenvalue weighted by Crippen LogP contribution is -2.54. The van der Waals surface area contributed by atoms with Gasteiger partial charge in [0, 0.05) is 0 Å². The molecule has 8 heteroatoms. The molecule has 1 aliphatic heterocycles. The van der Waals surface area contributed by atoms with Crippen molar-refractivity contribution >= 4 is 74.8 Å². The zero-order chi connectivity index (χ0) is 21.1. The fourth-order valence-electron chi connectivity index (χ4n) is 2.80. The summed E-state index contributed by atoms with van der Waals surface area (Å²) in [6.45, 7) is 5.81. The monoisotopic (exact) mass is 614 g/mol. The molecule has 4 amide bonds. The average Bonchev–Trinajstić information content (AvgIpc) is 2.66. The number of anilines is 1. The van der Waals surface area contributed by atoms with Crippen molar-refractivity contribution in [3.63, 3.8) is 0 Å². The van der Waals surface area contributed by atoms with Gasteiger partial charge in [0.05, 0.1) is 12.8 Å². The smallest absolute Gasteiger partial charge is 0.335 e. The average molecular weight is 614 g/mol. The number of carbonyl (C=O) groups is 3. The van der Waals surface area contributed by atoms with E-state index in [1.807, 2.05) is 18.2 Å². The third-order valence-electron chi connectivity index (χ3n) is 4.14. The summed E-state index contributed by atoms with van der Waals surface area (Å²) >= 11 is 4.27. The Morgan fingerprint density at radius 2 is 1.79 bits per heavy atom. The van der Waals surface area contributed by atoms with Crippen molar-refractivity contribution in [1.29, 1.82) is 0 Å². The fraction of sp³-hybridized carbons (Fsp3) is 0.0952. The number of barbiturate groups is 1. The number of urea groups is 1. The Morgan fingerprint density at radius 1 is 1.14 bits per heavy atom. The molecule has 1 saturated heterocycles. The van der Waals surface area contributed by atoms with E-state index < -0.39 is 17.8 Å². The number of halogens is 2. The SMILES string of the molecule is C=CCOc1c(I)cc(/C=C2\C(=O)NC(=O)N(c3ccccc3C)C2=O)cc1I. The number of nitrogens with one attached hydrogen (secondary N) is 1. The molecule has 3 rings (SSSR count). The van der Waals surface area contributed by atoms with Crippen LogP contribution in [0, 0.1) is 14.1 Å². The molecule has 2 aromatic rings. The Bertz CT molecular complexity index is 1040. The van der Waals surface area contributed by atoms with E-state index in [1.54, 1.807) is 31.2 Å². The van der Waals surface area contributed by atoms with Crippen molar-refractivity contribution in [3.05, 3.63) is 72.9 Å². The molecule has 6 nitrogen and oxygen atoms in total. The molecule has 0 bridgehead atoms. The number of aryl methyl sites for hydroxylation is 1. The summed E-state index contributed by atoms with van der Waals surface area (Å²) in [7, 11) is 0. The molecule has 148 valence electrons. The van der Waals surface area contributed by atoms with E-state index in [2.05, 4.69) is 57.1 Å². The summed E-state index contributed by atoms with van der Waals surface area (Å²) in [5.41, 5.74) is 1.73. The van der Waals surface area contributed by atoms with Gasteiger partial charge in [-0.1, -0.05) is 30.9 Å². The largest absolute Gasteiger partial charge is 0.487 e. The van der Waals surface area contributed by atoms with Crippen molar-refractivity contribution in [2.75, 3.05) is 11.5 Å². The third kappa shape index (κ3) is 4.53. The number of hydrogen-bond acceptors (Lipinski definition) is 4. The molecule has 0 spiro atoms. The molecule has 0 aliphatic carbocycles. The molecular weight excluding hydrogens is 598 g/mol. The maximum absolute atomic E-state index is 13.0. The predicted molar refractivity (Wildman–Crippen MR) is 128 cm³/mol. The fourth-order valence-corrected chi connectivity index (χ4v) is 4.93. The molecule has 1 aliphatic rings. The number of nitrogens with zero attached hydrogens (tertiary/aromatic N) is 1. The van der Waals surface area contributed by atoms with Crippen LogP contribution in [0.25, 0.3) is 6.08 Å². The lowest BCUT2D eigenvalue weighted by molar-refractivity contribution is -0.122. The second-order valence-electron chi connectivity index (χ2n) is 6.16.